The number of nitrogens with two attached hydrogens (primary N) is 1. The molecule has 0 aromatic heterocycles. The highest BCUT2D eigenvalue weighted by atomic mass is 16.3. The summed E-state index contributed by atoms with van der Waals surface area (Å²) in [5.74, 6) is 5.27. The Bertz CT molecular complexity index is 130. The van der Waals surface area contributed by atoms with Crippen LogP contribution in [-0.4, -0.2) is 35.8 Å². The van der Waals surface area contributed by atoms with Crippen LogP contribution >= 0.6 is 0 Å². The SMILES string of the molecule is CCCCNC(=O)N(N)CCO. The summed E-state index contributed by atoms with van der Waals surface area (Å²) in [6, 6.07) is -0.336. The molecule has 5 nitrogen and oxygen atoms in total. The lowest BCUT2D eigenvalue weighted by Crippen LogP contribution is -2.46. The molecule has 4 N–H and O–H groups in total. The molecule has 0 fully saturated rings. The molecule has 0 aliphatic rings. The zero-order valence-corrected chi connectivity index (χ0v) is 7.42. The van der Waals surface area contributed by atoms with Crippen LogP contribution < -0.4 is 11.2 Å². The molecule has 0 bridgehead atoms. The molecule has 0 unspecified atom stereocenters. The van der Waals surface area contributed by atoms with Crippen LogP contribution in [0.4, 0.5) is 4.79 Å². The highest BCUT2D eigenvalue weighted by Gasteiger charge is 2.05. The van der Waals surface area contributed by atoms with Crippen molar-refractivity contribution in [2.45, 2.75) is 19.8 Å². The predicted molar refractivity (Wildman–Crippen MR) is 46.3 cm³/mol. The van der Waals surface area contributed by atoms with E-state index in [2.05, 4.69) is 5.32 Å². The molecule has 12 heavy (non-hydrogen) atoms. The van der Waals surface area contributed by atoms with Crippen molar-refractivity contribution >= 4 is 6.03 Å². The number of urea groups is 1. The fourth-order valence-corrected chi connectivity index (χ4v) is 0.683. The predicted octanol–water partition coefficient (Wildman–Crippen LogP) is -0.336. The summed E-state index contributed by atoms with van der Waals surface area (Å²) < 4.78 is 0. The second-order valence-electron chi connectivity index (χ2n) is 2.50. The molecular weight excluding hydrogens is 158 g/mol. The molecule has 0 atom stereocenters. The Morgan fingerprint density at radius 2 is 2.33 bits per heavy atom. The van der Waals surface area contributed by atoms with Gasteiger partial charge in [0.2, 0.25) is 0 Å². The number of carbonyl (C=O) groups is 1. The summed E-state index contributed by atoms with van der Waals surface area (Å²) >= 11 is 0. The van der Waals surface area contributed by atoms with Gasteiger partial charge in [0.1, 0.15) is 0 Å². The molecule has 0 heterocycles. The van der Waals surface area contributed by atoms with Crippen molar-refractivity contribution in [3.8, 4) is 0 Å². The first-order chi connectivity index (χ1) is 5.72. The summed E-state index contributed by atoms with van der Waals surface area (Å²) in [6.45, 7) is 2.73. The maximum Gasteiger partial charge on any atom is 0.331 e. The van der Waals surface area contributed by atoms with Crippen LogP contribution in [0.1, 0.15) is 19.8 Å². The lowest BCUT2D eigenvalue weighted by molar-refractivity contribution is 0.178. The number of hydrazine groups is 1. The largest absolute Gasteiger partial charge is 0.394 e. The Kier molecular flexibility index (Phi) is 6.41. The van der Waals surface area contributed by atoms with Crippen molar-refractivity contribution in [2.75, 3.05) is 19.7 Å². The zero-order chi connectivity index (χ0) is 9.40. The number of hydrogen-bond donors (Lipinski definition) is 3. The lowest BCUT2D eigenvalue weighted by atomic mass is 10.3. The number of aliphatic hydroxyl groups is 1. The van der Waals surface area contributed by atoms with Gasteiger partial charge in [-0.15, -0.1) is 0 Å². The van der Waals surface area contributed by atoms with Gasteiger partial charge in [-0.1, -0.05) is 13.3 Å². The Hall–Kier alpha value is -0.810. The Labute approximate surface area is 72.5 Å². The third kappa shape index (κ3) is 4.92. The molecular formula is C7H17N3O2. The second kappa shape index (κ2) is 6.87. The Balaban J connectivity index is 3.43. The minimum absolute atomic E-state index is 0.113. The minimum Gasteiger partial charge on any atom is -0.394 e. The van der Waals surface area contributed by atoms with Crippen LogP contribution in [0, 0.1) is 0 Å². The first-order valence-electron chi connectivity index (χ1n) is 4.13. The molecule has 0 spiro atoms. The highest BCUT2D eigenvalue weighted by molar-refractivity contribution is 5.73. The van der Waals surface area contributed by atoms with Gasteiger partial charge in [0.15, 0.2) is 0 Å². The first-order valence-corrected chi connectivity index (χ1v) is 4.13. The quantitative estimate of drug-likeness (QED) is 0.231. The van der Waals surface area contributed by atoms with E-state index in [1.807, 2.05) is 6.92 Å². The van der Waals surface area contributed by atoms with Crippen LogP contribution in [-0.2, 0) is 0 Å². The minimum atomic E-state index is -0.336. The van der Waals surface area contributed by atoms with Gasteiger partial charge >= 0.3 is 6.03 Å². The van der Waals surface area contributed by atoms with E-state index in [-0.39, 0.29) is 19.2 Å². The van der Waals surface area contributed by atoms with E-state index in [9.17, 15) is 4.79 Å². The van der Waals surface area contributed by atoms with Crippen LogP contribution in [0.3, 0.4) is 0 Å². The van der Waals surface area contributed by atoms with Crippen molar-refractivity contribution in [3.63, 3.8) is 0 Å². The van der Waals surface area contributed by atoms with E-state index in [0.717, 1.165) is 17.9 Å². The number of carbonyl (C=O) groups excluding carboxylic acids is 1. The van der Waals surface area contributed by atoms with Gasteiger partial charge in [-0.3, -0.25) is 5.01 Å². The van der Waals surface area contributed by atoms with Crippen LogP contribution in [0.25, 0.3) is 0 Å². The molecule has 72 valence electrons. The number of amides is 2. The standard InChI is InChI=1S/C7H17N3O2/c1-2-3-4-9-7(12)10(8)5-6-11/h11H,2-6,8H2,1H3,(H,9,12). The molecule has 5 heteroatoms. The fourth-order valence-electron chi connectivity index (χ4n) is 0.683. The molecule has 0 aromatic carbocycles. The summed E-state index contributed by atoms with van der Waals surface area (Å²) in [6.07, 6.45) is 1.98. The number of nitrogens with zero attached hydrogens (tertiary/aromatic N) is 1. The van der Waals surface area contributed by atoms with Gasteiger partial charge in [0, 0.05) is 6.54 Å². The van der Waals surface area contributed by atoms with Gasteiger partial charge in [0.25, 0.3) is 0 Å². The average Bonchev–Trinajstić information content (AvgIpc) is 2.05. The molecule has 0 radical (unpaired) electrons. The molecule has 0 saturated heterocycles. The third-order valence-electron chi connectivity index (χ3n) is 1.41. The topological polar surface area (TPSA) is 78.6 Å². The normalized spacial score (nSPS) is 9.58. The van der Waals surface area contributed by atoms with E-state index in [1.54, 1.807) is 0 Å². The molecule has 2 amide bonds. The van der Waals surface area contributed by atoms with Crippen molar-refractivity contribution in [1.82, 2.24) is 10.3 Å². The van der Waals surface area contributed by atoms with Gasteiger partial charge in [-0.2, -0.15) is 0 Å². The fraction of sp³-hybridized carbons (Fsp3) is 0.857. The summed E-state index contributed by atoms with van der Waals surface area (Å²) in [4.78, 5) is 11.0. The van der Waals surface area contributed by atoms with Gasteiger partial charge in [0.05, 0.1) is 13.2 Å². The second-order valence-corrected chi connectivity index (χ2v) is 2.50. The van der Waals surface area contributed by atoms with E-state index in [4.69, 9.17) is 10.9 Å². The molecule has 0 aromatic rings. The zero-order valence-electron chi connectivity index (χ0n) is 7.42. The highest BCUT2D eigenvalue weighted by Crippen LogP contribution is 1.84. The van der Waals surface area contributed by atoms with E-state index < -0.39 is 0 Å². The van der Waals surface area contributed by atoms with Gasteiger partial charge in [-0.25, -0.2) is 10.6 Å². The third-order valence-corrected chi connectivity index (χ3v) is 1.41. The van der Waals surface area contributed by atoms with Crippen molar-refractivity contribution < 1.29 is 9.90 Å². The molecule has 0 rings (SSSR count). The van der Waals surface area contributed by atoms with E-state index in [0.29, 0.717) is 6.54 Å². The first kappa shape index (κ1) is 11.2. The Morgan fingerprint density at radius 3 is 2.83 bits per heavy atom. The maximum absolute atomic E-state index is 11.0. The summed E-state index contributed by atoms with van der Waals surface area (Å²) in [5.41, 5.74) is 0. The number of aliphatic hydroxyl groups excluding tert-OH is 1. The smallest absolute Gasteiger partial charge is 0.331 e. The van der Waals surface area contributed by atoms with E-state index >= 15 is 0 Å². The van der Waals surface area contributed by atoms with Crippen LogP contribution in [0.5, 0.6) is 0 Å². The molecule has 0 aliphatic carbocycles. The number of unbranched alkanes of at least 4 members (excludes halogenated alkanes) is 1. The number of nitrogens with one attached hydrogen (secondary N) is 1. The average molecular weight is 175 g/mol. The Morgan fingerprint density at radius 1 is 1.67 bits per heavy atom. The molecule has 0 saturated carbocycles. The summed E-state index contributed by atoms with van der Waals surface area (Å²) in [5, 5.41) is 12.0. The monoisotopic (exact) mass is 175 g/mol. The van der Waals surface area contributed by atoms with Crippen molar-refractivity contribution in [1.29, 1.82) is 0 Å². The van der Waals surface area contributed by atoms with Gasteiger partial charge < -0.3 is 10.4 Å². The number of hydrogen-bond acceptors (Lipinski definition) is 3. The van der Waals surface area contributed by atoms with Crippen LogP contribution in [0.2, 0.25) is 0 Å². The van der Waals surface area contributed by atoms with E-state index in [1.165, 1.54) is 0 Å². The van der Waals surface area contributed by atoms with Crippen LogP contribution in [0.15, 0.2) is 0 Å². The van der Waals surface area contributed by atoms with Crippen molar-refractivity contribution in [2.24, 2.45) is 5.84 Å². The molecule has 0 aliphatic heterocycles. The maximum atomic E-state index is 11.0. The summed E-state index contributed by atoms with van der Waals surface area (Å²) in [7, 11) is 0. The van der Waals surface area contributed by atoms with Crippen molar-refractivity contribution in [3.05, 3.63) is 0 Å². The van der Waals surface area contributed by atoms with Gasteiger partial charge in [-0.05, 0) is 6.42 Å². The number of rotatable bonds is 5. The lowest BCUT2D eigenvalue weighted by Gasteiger charge is -2.15.